The highest BCUT2D eigenvalue weighted by Gasteiger charge is 2.51. The number of halogens is 3. The molecule has 0 saturated carbocycles. The molecule has 4 aliphatic heterocycles. The largest absolute Gasteiger partial charge is 0.461 e. The molecule has 5 heterocycles. The number of ether oxygens (including phenoxy) is 1. The molecule has 1 aromatic heterocycles. The number of hydrogen-bond donors (Lipinski definition) is 0. The van der Waals surface area contributed by atoms with E-state index in [4.69, 9.17) is 32.9 Å². The predicted molar refractivity (Wildman–Crippen MR) is 183 cm³/mol. The minimum absolute atomic E-state index is 0.0348. The van der Waals surface area contributed by atoms with Gasteiger partial charge in [0.05, 0.1) is 22.8 Å². The van der Waals surface area contributed by atoms with Crippen molar-refractivity contribution in [2.75, 3.05) is 55.7 Å². The molecule has 3 fully saturated rings. The molecule has 3 saturated heterocycles. The number of piperazine rings is 1. The summed E-state index contributed by atoms with van der Waals surface area (Å²) >= 11 is 6.53. The van der Waals surface area contributed by atoms with Gasteiger partial charge in [0.25, 0.3) is 5.91 Å². The van der Waals surface area contributed by atoms with Crippen LogP contribution in [0.3, 0.4) is 0 Å². The van der Waals surface area contributed by atoms with E-state index < -0.39 is 23.6 Å². The SMILES string of the molecule is [C-]#[N+]C[C@H]1CN(c2nc(OCC34CCC(C)N3CC(C)C4)nc3c2CCN(c2cccc4ccc(F)c(Cl)c24)C3)CCN1C(=O)C(=C)F. The van der Waals surface area contributed by atoms with Gasteiger partial charge in [-0.1, -0.05) is 43.3 Å². The average Bonchev–Trinajstić information content (AvgIpc) is 3.57. The third-order valence-corrected chi connectivity index (χ3v) is 11.1. The van der Waals surface area contributed by atoms with Crippen molar-refractivity contribution in [3.8, 4) is 6.01 Å². The lowest BCUT2D eigenvalue weighted by atomic mass is 9.91. The van der Waals surface area contributed by atoms with Crippen molar-refractivity contribution in [1.82, 2.24) is 19.8 Å². The second-order valence-corrected chi connectivity index (χ2v) is 14.2. The van der Waals surface area contributed by atoms with Crippen LogP contribution < -0.4 is 14.5 Å². The smallest absolute Gasteiger partial charge is 0.318 e. The van der Waals surface area contributed by atoms with Crippen LogP contribution in [0.5, 0.6) is 6.01 Å². The van der Waals surface area contributed by atoms with Gasteiger partial charge in [-0.3, -0.25) is 9.69 Å². The molecule has 0 radical (unpaired) electrons. The van der Waals surface area contributed by atoms with Crippen molar-refractivity contribution in [2.45, 2.75) is 63.7 Å². The molecular weight excluding hydrogens is 636 g/mol. The minimum Gasteiger partial charge on any atom is -0.461 e. The van der Waals surface area contributed by atoms with Gasteiger partial charge in [-0.25, -0.2) is 15.4 Å². The molecule has 0 bridgehead atoms. The summed E-state index contributed by atoms with van der Waals surface area (Å²) in [5, 5.41) is 1.61. The maximum atomic E-state index is 14.6. The zero-order valence-electron chi connectivity index (χ0n) is 27.4. The molecule has 252 valence electrons. The second kappa shape index (κ2) is 12.8. The summed E-state index contributed by atoms with van der Waals surface area (Å²) in [5.74, 6) is -0.975. The number of aromatic nitrogens is 2. The van der Waals surface area contributed by atoms with Crippen LogP contribution in [0.4, 0.5) is 20.3 Å². The van der Waals surface area contributed by atoms with Crippen LogP contribution in [0.1, 0.15) is 44.4 Å². The molecule has 48 heavy (non-hydrogen) atoms. The van der Waals surface area contributed by atoms with Gasteiger partial charge < -0.3 is 24.3 Å². The molecule has 1 amide bonds. The lowest BCUT2D eigenvalue weighted by Gasteiger charge is -2.41. The first-order valence-corrected chi connectivity index (χ1v) is 17.1. The van der Waals surface area contributed by atoms with Crippen LogP contribution in [0.25, 0.3) is 15.6 Å². The molecule has 4 aliphatic rings. The molecule has 3 unspecified atom stereocenters. The highest BCUT2D eigenvalue weighted by molar-refractivity contribution is 6.36. The summed E-state index contributed by atoms with van der Waals surface area (Å²) in [7, 11) is 0. The maximum Gasteiger partial charge on any atom is 0.318 e. The predicted octanol–water partition coefficient (Wildman–Crippen LogP) is 6.05. The third-order valence-electron chi connectivity index (χ3n) is 10.7. The normalized spacial score (nSPS) is 25.6. The minimum atomic E-state index is -1.03. The molecule has 12 heteroatoms. The van der Waals surface area contributed by atoms with Gasteiger partial charge in [0.2, 0.25) is 6.54 Å². The molecule has 2 aromatic carbocycles. The quantitative estimate of drug-likeness (QED) is 0.223. The van der Waals surface area contributed by atoms with E-state index in [0.717, 1.165) is 48.1 Å². The van der Waals surface area contributed by atoms with Crippen molar-refractivity contribution >= 4 is 39.8 Å². The Labute approximate surface area is 284 Å². The Morgan fingerprint density at radius 2 is 2.00 bits per heavy atom. The maximum absolute atomic E-state index is 14.6. The molecule has 3 aromatic rings. The fourth-order valence-corrected chi connectivity index (χ4v) is 8.78. The molecular formula is C36H40ClF2N7O2. The Balaban J connectivity index is 1.24. The van der Waals surface area contributed by atoms with Crippen molar-refractivity contribution in [3.63, 3.8) is 0 Å². The molecule has 7 rings (SSSR count). The topological polar surface area (TPSA) is 69.4 Å². The van der Waals surface area contributed by atoms with E-state index in [2.05, 4.69) is 40.0 Å². The summed E-state index contributed by atoms with van der Waals surface area (Å²) in [5.41, 5.74) is 2.55. The van der Waals surface area contributed by atoms with Crippen LogP contribution >= 0.6 is 11.6 Å². The number of hydrogen-bond acceptors (Lipinski definition) is 7. The van der Waals surface area contributed by atoms with E-state index >= 15 is 0 Å². The van der Waals surface area contributed by atoms with Crippen LogP contribution in [0, 0.1) is 18.3 Å². The molecule has 0 spiro atoms. The van der Waals surface area contributed by atoms with Crippen LogP contribution in [0.2, 0.25) is 5.02 Å². The Hall–Kier alpha value is -4.01. The number of nitrogens with zero attached hydrogens (tertiary/aromatic N) is 7. The van der Waals surface area contributed by atoms with E-state index in [0.29, 0.717) is 68.4 Å². The summed E-state index contributed by atoms with van der Waals surface area (Å²) in [4.78, 5) is 34.4. The Bertz CT molecular complexity index is 1820. The summed E-state index contributed by atoms with van der Waals surface area (Å²) in [6.07, 6.45) is 3.87. The fraction of sp³-hybridized carbons (Fsp3) is 0.500. The van der Waals surface area contributed by atoms with Crippen LogP contribution in [-0.2, 0) is 17.8 Å². The van der Waals surface area contributed by atoms with E-state index in [-0.39, 0.29) is 23.7 Å². The van der Waals surface area contributed by atoms with E-state index in [9.17, 15) is 13.6 Å². The standard InChI is InChI=1S/C36H40ClF2N7O2/c1-22-16-36(12-10-23(2)46(36)18-22)21-48-35-41-29-20-43(30-7-5-6-25-8-9-28(39)32(37)31(25)30)13-11-27(29)33(42-35)44-14-15-45(34(47)24(3)38)26(19-44)17-40-4/h5-9,22-23,26H,3,10-21H2,1-2H3/t22?,23?,26-,36?/m0/s1. The van der Waals surface area contributed by atoms with Crippen LogP contribution in [-0.4, -0.2) is 89.2 Å². The average molecular weight is 676 g/mol. The number of carbonyl (C=O) groups excluding carboxylic acids is 1. The van der Waals surface area contributed by atoms with Crippen molar-refractivity contribution in [2.24, 2.45) is 5.92 Å². The highest BCUT2D eigenvalue weighted by Crippen LogP contribution is 2.45. The van der Waals surface area contributed by atoms with Gasteiger partial charge >= 0.3 is 6.01 Å². The first kappa shape index (κ1) is 32.5. The monoisotopic (exact) mass is 675 g/mol. The second-order valence-electron chi connectivity index (χ2n) is 13.9. The van der Waals surface area contributed by atoms with Gasteiger partial charge in [-0.05, 0) is 56.0 Å². The molecule has 0 aliphatic carbocycles. The summed E-state index contributed by atoms with van der Waals surface area (Å²) in [6, 6.07) is 9.22. The number of fused-ring (bicyclic) bond motifs is 3. The van der Waals surface area contributed by atoms with Gasteiger partial charge in [0.15, 0.2) is 5.83 Å². The Morgan fingerprint density at radius 1 is 1.17 bits per heavy atom. The van der Waals surface area contributed by atoms with Crippen LogP contribution in [0.15, 0.2) is 42.7 Å². The number of amides is 1. The number of benzene rings is 2. The van der Waals surface area contributed by atoms with E-state index in [1.807, 2.05) is 18.2 Å². The summed E-state index contributed by atoms with van der Waals surface area (Å²) < 4.78 is 35.1. The van der Waals surface area contributed by atoms with Gasteiger partial charge in [0, 0.05) is 55.4 Å². The molecule has 0 N–H and O–H groups in total. The Kier molecular flexibility index (Phi) is 8.67. The van der Waals surface area contributed by atoms with Crippen molar-refractivity contribution in [3.05, 3.63) is 76.3 Å². The number of carbonyl (C=O) groups is 1. The third kappa shape index (κ3) is 5.73. The fourth-order valence-electron chi connectivity index (χ4n) is 8.51. The summed E-state index contributed by atoms with van der Waals surface area (Å²) in [6.45, 7) is 18.9. The Morgan fingerprint density at radius 3 is 2.79 bits per heavy atom. The first-order valence-electron chi connectivity index (χ1n) is 16.7. The van der Waals surface area contributed by atoms with E-state index in [1.165, 1.54) is 11.0 Å². The number of rotatable bonds is 7. The van der Waals surface area contributed by atoms with Crippen molar-refractivity contribution < 1.29 is 18.3 Å². The lowest BCUT2D eigenvalue weighted by molar-refractivity contribution is -0.131. The van der Waals surface area contributed by atoms with Crippen molar-refractivity contribution in [1.29, 1.82) is 0 Å². The zero-order chi connectivity index (χ0) is 33.7. The van der Waals surface area contributed by atoms with Gasteiger partial charge in [0.1, 0.15) is 24.3 Å². The lowest BCUT2D eigenvalue weighted by Crippen LogP contribution is -2.57. The molecule has 9 nitrogen and oxygen atoms in total. The first-order chi connectivity index (χ1) is 23.1. The van der Waals surface area contributed by atoms with Gasteiger partial charge in [-0.15, -0.1) is 0 Å². The highest BCUT2D eigenvalue weighted by atomic mass is 35.5. The zero-order valence-corrected chi connectivity index (χ0v) is 28.1. The van der Waals surface area contributed by atoms with Gasteiger partial charge in [-0.2, -0.15) is 9.97 Å². The van der Waals surface area contributed by atoms with E-state index in [1.54, 1.807) is 6.07 Å². The molecule has 4 atom stereocenters. The number of anilines is 2.